The van der Waals surface area contributed by atoms with Crippen LogP contribution in [-0.2, 0) is 25.8 Å². The lowest BCUT2D eigenvalue weighted by molar-refractivity contribution is -0.134. The Morgan fingerprint density at radius 2 is 1.82 bits per heavy atom. The number of benzene rings is 1. The van der Waals surface area contributed by atoms with E-state index in [1.165, 1.54) is 7.11 Å². The van der Waals surface area contributed by atoms with E-state index in [1.807, 2.05) is 30.3 Å². The summed E-state index contributed by atoms with van der Waals surface area (Å²) in [6.07, 6.45) is 4.76. The molecule has 0 amide bonds. The van der Waals surface area contributed by atoms with Gasteiger partial charge >= 0.3 is 5.97 Å². The second-order valence-electron chi connectivity index (χ2n) is 5.39. The van der Waals surface area contributed by atoms with E-state index in [0.29, 0.717) is 0 Å². The van der Waals surface area contributed by atoms with Crippen molar-refractivity contribution in [2.75, 3.05) is 7.11 Å². The summed E-state index contributed by atoms with van der Waals surface area (Å²) in [7, 11) is 1.24. The number of Topliss-reactive ketones (excluding diaryl/α,β-unsaturated/α-hetero) is 1. The third-order valence-electron chi connectivity index (χ3n) is 3.82. The summed E-state index contributed by atoms with van der Waals surface area (Å²) >= 11 is 0. The molecule has 118 valence electrons. The third kappa shape index (κ3) is 4.41. The Bertz CT molecular complexity index is 533. The van der Waals surface area contributed by atoms with Gasteiger partial charge in [-0.05, 0) is 18.4 Å². The average molecular weight is 303 g/mol. The van der Waals surface area contributed by atoms with Crippen LogP contribution >= 0.6 is 0 Å². The van der Waals surface area contributed by atoms with E-state index in [0.717, 1.165) is 37.7 Å². The van der Waals surface area contributed by atoms with Gasteiger partial charge in [-0.2, -0.15) is 0 Å². The van der Waals surface area contributed by atoms with Gasteiger partial charge in [-0.15, -0.1) is 0 Å². The summed E-state index contributed by atoms with van der Waals surface area (Å²) < 4.78 is 4.66. The number of hydrogen-bond donors (Lipinski definition) is 0. The van der Waals surface area contributed by atoms with Crippen LogP contribution in [0.4, 0.5) is 0 Å². The molecule has 1 saturated carbocycles. The smallest absolute Gasteiger partial charge is 0.363 e. The molecular formula is C17H21NO4. The predicted octanol–water partition coefficient (Wildman–Crippen LogP) is 2.88. The summed E-state index contributed by atoms with van der Waals surface area (Å²) in [6.45, 7) is 0.208. The van der Waals surface area contributed by atoms with E-state index in [4.69, 9.17) is 4.84 Å². The van der Waals surface area contributed by atoms with Crippen LogP contribution in [0.5, 0.6) is 0 Å². The number of nitrogens with zero attached hydrogens (tertiary/aromatic N) is 1. The van der Waals surface area contributed by atoms with Crippen LogP contribution < -0.4 is 0 Å². The number of ketones is 1. The molecular weight excluding hydrogens is 282 g/mol. The van der Waals surface area contributed by atoms with Gasteiger partial charge in [0, 0.05) is 5.92 Å². The highest BCUT2D eigenvalue weighted by molar-refractivity contribution is 6.64. The molecule has 1 aliphatic rings. The Labute approximate surface area is 130 Å². The fraction of sp³-hybridized carbons (Fsp3) is 0.471. The Hall–Kier alpha value is -2.17. The van der Waals surface area contributed by atoms with Gasteiger partial charge in [-0.25, -0.2) is 4.79 Å². The summed E-state index contributed by atoms with van der Waals surface area (Å²) in [6, 6.07) is 9.44. The zero-order chi connectivity index (χ0) is 15.8. The molecule has 1 aromatic carbocycles. The summed E-state index contributed by atoms with van der Waals surface area (Å²) in [5.74, 6) is -1.14. The second kappa shape index (κ2) is 8.32. The topological polar surface area (TPSA) is 65.0 Å². The van der Waals surface area contributed by atoms with Crippen molar-refractivity contribution in [2.45, 2.75) is 38.7 Å². The molecule has 1 aromatic rings. The zero-order valence-corrected chi connectivity index (χ0v) is 12.8. The molecule has 0 aromatic heterocycles. The van der Waals surface area contributed by atoms with Gasteiger partial charge in [0.05, 0.1) is 7.11 Å². The van der Waals surface area contributed by atoms with E-state index in [2.05, 4.69) is 9.89 Å². The van der Waals surface area contributed by atoms with Gasteiger partial charge in [0.25, 0.3) is 0 Å². The molecule has 1 aliphatic carbocycles. The van der Waals surface area contributed by atoms with Crippen LogP contribution in [0, 0.1) is 5.92 Å². The lowest BCUT2D eigenvalue weighted by Gasteiger charge is -2.19. The molecule has 0 heterocycles. The first kappa shape index (κ1) is 16.2. The van der Waals surface area contributed by atoms with Gasteiger partial charge in [-0.1, -0.05) is 54.8 Å². The van der Waals surface area contributed by atoms with E-state index >= 15 is 0 Å². The minimum atomic E-state index is -0.733. The monoisotopic (exact) mass is 303 g/mol. The number of oxime groups is 1. The highest BCUT2D eigenvalue weighted by Gasteiger charge is 2.30. The molecule has 0 unspecified atom stereocenters. The molecule has 22 heavy (non-hydrogen) atoms. The van der Waals surface area contributed by atoms with Crippen molar-refractivity contribution in [3.8, 4) is 0 Å². The fourth-order valence-electron chi connectivity index (χ4n) is 2.58. The van der Waals surface area contributed by atoms with Crippen LogP contribution in [-0.4, -0.2) is 24.6 Å². The Morgan fingerprint density at radius 3 is 2.45 bits per heavy atom. The van der Waals surface area contributed by atoms with Crippen molar-refractivity contribution in [1.29, 1.82) is 0 Å². The SMILES string of the molecule is COC(=O)/C(=N\OCc1ccccc1)C(=O)C1CCCCC1. The van der Waals surface area contributed by atoms with Gasteiger partial charge in [-0.3, -0.25) is 4.79 Å². The molecule has 0 saturated heterocycles. The number of carbonyl (C=O) groups is 2. The molecule has 0 N–H and O–H groups in total. The van der Waals surface area contributed by atoms with Crippen LogP contribution in [0.25, 0.3) is 0 Å². The first-order valence-corrected chi connectivity index (χ1v) is 7.58. The standard InChI is InChI=1S/C17H21NO4/c1-21-17(20)15(16(19)14-10-6-3-7-11-14)18-22-12-13-8-4-2-5-9-13/h2,4-5,8-9,14H,3,6-7,10-12H2,1H3/b18-15-. The molecule has 0 atom stereocenters. The van der Waals surface area contributed by atoms with Crippen LogP contribution in [0.15, 0.2) is 35.5 Å². The maximum absolute atomic E-state index is 12.4. The zero-order valence-electron chi connectivity index (χ0n) is 12.8. The van der Waals surface area contributed by atoms with Crippen molar-refractivity contribution in [3.63, 3.8) is 0 Å². The lowest BCUT2D eigenvalue weighted by atomic mass is 9.84. The largest absolute Gasteiger partial charge is 0.464 e. The van der Waals surface area contributed by atoms with Crippen LogP contribution in [0.3, 0.4) is 0 Å². The molecule has 0 aliphatic heterocycles. The number of carbonyl (C=O) groups excluding carboxylic acids is 2. The number of ether oxygens (including phenoxy) is 1. The van der Waals surface area contributed by atoms with Crippen LogP contribution in [0.2, 0.25) is 0 Å². The van der Waals surface area contributed by atoms with Crippen molar-refractivity contribution < 1.29 is 19.2 Å². The Balaban J connectivity index is 2.03. The van der Waals surface area contributed by atoms with E-state index in [9.17, 15) is 9.59 Å². The highest BCUT2D eigenvalue weighted by Crippen LogP contribution is 2.25. The molecule has 1 fully saturated rings. The summed E-state index contributed by atoms with van der Waals surface area (Å²) in [5.41, 5.74) is 0.686. The minimum Gasteiger partial charge on any atom is -0.464 e. The molecule has 2 rings (SSSR count). The molecule has 0 bridgehead atoms. The van der Waals surface area contributed by atoms with Gasteiger partial charge in [0.1, 0.15) is 6.61 Å². The maximum atomic E-state index is 12.4. The fourth-order valence-corrected chi connectivity index (χ4v) is 2.58. The number of esters is 1. The first-order valence-electron chi connectivity index (χ1n) is 7.58. The quantitative estimate of drug-likeness (QED) is 0.351. The van der Waals surface area contributed by atoms with E-state index in [1.54, 1.807) is 0 Å². The summed E-state index contributed by atoms with van der Waals surface area (Å²) in [4.78, 5) is 29.4. The highest BCUT2D eigenvalue weighted by atomic mass is 16.6. The average Bonchev–Trinajstić information content (AvgIpc) is 2.59. The lowest BCUT2D eigenvalue weighted by Crippen LogP contribution is -2.32. The van der Waals surface area contributed by atoms with Gasteiger partial charge < -0.3 is 9.57 Å². The minimum absolute atomic E-state index is 0.146. The van der Waals surface area contributed by atoms with Crippen LogP contribution in [0.1, 0.15) is 37.7 Å². The second-order valence-corrected chi connectivity index (χ2v) is 5.39. The van der Waals surface area contributed by atoms with Crippen molar-refractivity contribution in [2.24, 2.45) is 11.1 Å². The number of methoxy groups -OCH3 is 1. The molecule has 0 radical (unpaired) electrons. The maximum Gasteiger partial charge on any atom is 0.363 e. The third-order valence-corrected chi connectivity index (χ3v) is 3.82. The van der Waals surface area contributed by atoms with E-state index < -0.39 is 5.97 Å². The first-order chi connectivity index (χ1) is 10.7. The van der Waals surface area contributed by atoms with Crippen molar-refractivity contribution in [1.82, 2.24) is 0 Å². The Morgan fingerprint density at radius 1 is 1.14 bits per heavy atom. The summed E-state index contributed by atoms with van der Waals surface area (Å²) in [5, 5.41) is 3.76. The van der Waals surface area contributed by atoms with Crippen molar-refractivity contribution in [3.05, 3.63) is 35.9 Å². The molecule has 5 heteroatoms. The Kier molecular flexibility index (Phi) is 6.13. The van der Waals surface area contributed by atoms with Gasteiger partial charge in [0.2, 0.25) is 5.71 Å². The van der Waals surface area contributed by atoms with Gasteiger partial charge in [0.15, 0.2) is 5.78 Å². The number of rotatable bonds is 6. The molecule has 5 nitrogen and oxygen atoms in total. The predicted molar refractivity (Wildman–Crippen MR) is 82.3 cm³/mol. The van der Waals surface area contributed by atoms with E-state index in [-0.39, 0.29) is 24.0 Å². The normalized spacial score (nSPS) is 16.1. The number of hydrogen-bond acceptors (Lipinski definition) is 5. The van der Waals surface area contributed by atoms with Crippen molar-refractivity contribution >= 4 is 17.5 Å². The molecule has 0 spiro atoms.